The minimum Gasteiger partial charge on any atom is -0.378 e. The molecule has 1 N–H and O–H groups in total. The summed E-state index contributed by atoms with van der Waals surface area (Å²) in [6.07, 6.45) is 8.40. The number of carbonyl (C=O) groups excluding carboxylic acids is 1. The number of hydrogen-bond acceptors (Lipinski definition) is 6. The molecule has 1 aromatic heterocycles. The third-order valence-electron chi connectivity index (χ3n) is 7.32. The van der Waals surface area contributed by atoms with Gasteiger partial charge in [0.2, 0.25) is 5.91 Å². The standard InChI is InChI=1S/C21H30N4O2S/c1-14(21-10-15-6-16(11-21)8-17(7-15)12-21)23-24-19(26)9-18-13-28-20(22-18)25-2-4-27-5-3-25/h13,15-17H,2-12H2,1H3,(H,24,26)/b23-14-. The Kier molecular flexibility index (Phi) is 4.91. The van der Waals surface area contributed by atoms with E-state index in [0.717, 1.165) is 60.6 Å². The number of anilines is 1. The second-order valence-corrected chi connectivity index (χ2v) is 10.2. The van der Waals surface area contributed by atoms with Gasteiger partial charge in [-0.15, -0.1) is 11.3 Å². The van der Waals surface area contributed by atoms with E-state index in [-0.39, 0.29) is 11.3 Å². The van der Waals surface area contributed by atoms with Crippen molar-refractivity contribution in [2.75, 3.05) is 31.2 Å². The number of thiazole rings is 1. The normalized spacial score (nSPS) is 34.7. The van der Waals surface area contributed by atoms with Crippen LogP contribution in [-0.4, -0.2) is 42.9 Å². The van der Waals surface area contributed by atoms with Gasteiger partial charge in [0.05, 0.1) is 25.3 Å². The van der Waals surface area contributed by atoms with Gasteiger partial charge in [0.15, 0.2) is 5.13 Å². The minimum absolute atomic E-state index is 0.0668. The number of hydrazone groups is 1. The Hall–Kier alpha value is -1.47. The van der Waals surface area contributed by atoms with E-state index >= 15 is 0 Å². The van der Waals surface area contributed by atoms with Crippen molar-refractivity contribution in [3.05, 3.63) is 11.1 Å². The molecular weight excluding hydrogens is 372 g/mol. The van der Waals surface area contributed by atoms with Crippen LogP contribution in [0.2, 0.25) is 0 Å². The van der Waals surface area contributed by atoms with Crippen LogP contribution in [0, 0.1) is 23.2 Å². The fourth-order valence-corrected chi connectivity index (χ4v) is 7.18. The molecule has 2 heterocycles. The molecule has 0 unspecified atom stereocenters. The van der Waals surface area contributed by atoms with Gasteiger partial charge in [0.1, 0.15) is 0 Å². The zero-order chi connectivity index (χ0) is 19.1. The molecule has 5 fully saturated rings. The summed E-state index contributed by atoms with van der Waals surface area (Å²) in [7, 11) is 0. The summed E-state index contributed by atoms with van der Waals surface area (Å²) in [4.78, 5) is 19.3. The first kappa shape index (κ1) is 18.6. The summed E-state index contributed by atoms with van der Waals surface area (Å²) in [5, 5.41) is 7.54. The summed E-state index contributed by atoms with van der Waals surface area (Å²) >= 11 is 1.60. The van der Waals surface area contributed by atoms with E-state index in [4.69, 9.17) is 4.74 Å². The first-order valence-corrected chi connectivity index (χ1v) is 11.6. The third kappa shape index (κ3) is 3.59. The van der Waals surface area contributed by atoms with Crippen LogP contribution in [0.1, 0.15) is 51.1 Å². The maximum atomic E-state index is 12.4. The molecule has 1 amide bonds. The SMILES string of the molecule is C/C(=N/NC(=O)Cc1csc(N2CCOCC2)n1)C12CC3CC(CC(C3)C1)C2. The summed E-state index contributed by atoms with van der Waals surface area (Å²) in [5.41, 5.74) is 5.05. The van der Waals surface area contributed by atoms with Crippen LogP contribution < -0.4 is 10.3 Å². The number of nitrogens with one attached hydrogen (secondary N) is 1. The molecule has 5 aliphatic rings. The van der Waals surface area contributed by atoms with Crippen molar-refractivity contribution in [1.82, 2.24) is 10.4 Å². The van der Waals surface area contributed by atoms with Gasteiger partial charge in [-0.25, -0.2) is 10.4 Å². The highest BCUT2D eigenvalue weighted by Gasteiger charge is 2.52. The monoisotopic (exact) mass is 402 g/mol. The predicted octanol–water partition coefficient (Wildman–Crippen LogP) is 3.23. The number of morpholine rings is 1. The van der Waals surface area contributed by atoms with Gasteiger partial charge in [-0.2, -0.15) is 5.10 Å². The quantitative estimate of drug-likeness (QED) is 0.607. The van der Waals surface area contributed by atoms with Gasteiger partial charge in [0, 0.05) is 29.6 Å². The lowest BCUT2D eigenvalue weighted by molar-refractivity contribution is -0.120. The lowest BCUT2D eigenvalue weighted by Gasteiger charge is -2.56. The molecule has 0 spiro atoms. The molecule has 6 nitrogen and oxygen atoms in total. The second kappa shape index (κ2) is 7.41. The number of rotatable bonds is 5. The molecule has 6 rings (SSSR count). The third-order valence-corrected chi connectivity index (χ3v) is 8.27. The molecule has 1 aliphatic heterocycles. The second-order valence-electron chi connectivity index (χ2n) is 9.33. The molecule has 4 aliphatic carbocycles. The number of nitrogens with zero attached hydrogens (tertiary/aromatic N) is 3. The molecule has 28 heavy (non-hydrogen) atoms. The number of hydrogen-bond donors (Lipinski definition) is 1. The van der Waals surface area contributed by atoms with Crippen molar-refractivity contribution in [2.45, 2.75) is 51.9 Å². The Labute approximate surface area is 170 Å². The first-order valence-electron chi connectivity index (χ1n) is 10.7. The zero-order valence-electron chi connectivity index (χ0n) is 16.7. The van der Waals surface area contributed by atoms with Crippen molar-refractivity contribution in [1.29, 1.82) is 0 Å². The summed E-state index contributed by atoms with van der Waals surface area (Å²) in [6, 6.07) is 0. The number of ether oxygens (including phenoxy) is 1. The largest absolute Gasteiger partial charge is 0.378 e. The lowest BCUT2D eigenvalue weighted by atomic mass is 9.48. The molecule has 0 radical (unpaired) electrons. The summed E-state index contributed by atoms with van der Waals surface area (Å²) in [6.45, 7) is 5.36. The van der Waals surface area contributed by atoms with E-state index in [0.29, 0.717) is 6.42 Å². The van der Waals surface area contributed by atoms with Crippen molar-refractivity contribution < 1.29 is 9.53 Å². The van der Waals surface area contributed by atoms with Gasteiger partial charge in [-0.05, 0) is 63.2 Å². The van der Waals surface area contributed by atoms with Crippen LogP contribution >= 0.6 is 11.3 Å². The van der Waals surface area contributed by atoms with Crippen molar-refractivity contribution in [2.24, 2.45) is 28.3 Å². The van der Waals surface area contributed by atoms with Gasteiger partial charge < -0.3 is 9.64 Å². The Morgan fingerprint density at radius 1 is 1.25 bits per heavy atom. The minimum atomic E-state index is -0.0668. The van der Waals surface area contributed by atoms with Crippen molar-refractivity contribution >= 4 is 28.1 Å². The zero-order valence-corrected chi connectivity index (χ0v) is 17.5. The van der Waals surface area contributed by atoms with E-state index in [1.54, 1.807) is 11.3 Å². The van der Waals surface area contributed by atoms with Crippen LogP contribution in [0.4, 0.5) is 5.13 Å². The maximum Gasteiger partial charge on any atom is 0.246 e. The molecule has 152 valence electrons. The smallest absolute Gasteiger partial charge is 0.246 e. The van der Waals surface area contributed by atoms with Gasteiger partial charge in [-0.1, -0.05) is 0 Å². The molecule has 1 aromatic rings. The van der Waals surface area contributed by atoms with E-state index in [1.807, 2.05) is 5.38 Å². The number of carbonyl (C=O) groups is 1. The molecule has 4 bridgehead atoms. The molecular formula is C21H30N4O2S. The number of aromatic nitrogens is 1. The first-order chi connectivity index (χ1) is 13.6. The number of amides is 1. The highest BCUT2D eigenvalue weighted by molar-refractivity contribution is 7.13. The van der Waals surface area contributed by atoms with Crippen LogP contribution in [0.5, 0.6) is 0 Å². The Balaban J connectivity index is 1.19. The van der Waals surface area contributed by atoms with E-state index in [2.05, 4.69) is 27.3 Å². The Morgan fingerprint density at radius 2 is 1.89 bits per heavy atom. The lowest BCUT2D eigenvalue weighted by Crippen LogP contribution is -2.49. The Bertz CT molecular complexity index is 733. The van der Waals surface area contributed by atoms with Crippen molar-refractivity contribution in [3.63, 3.8) is 0 Å². The van der Waals surface area contributed by atoms with Crippen molar-refractivity contribution in [3.8, 4) is 0 Å². The Morgan fingerprint density at radius 3 is 2.54 bits per heavy atom. The highest BCUT2D eigenvalue weighted by Crippen LogP contribution is 2.60. The molecule has 0 atom stereocenters. The van der Waals surface area contributed by atoms with E-state index < -0.39 is 0 Å². The molecule has 0 aromatic carbocycles. The van der Waals surface area contributed by atoms with Crippen LogP contribution in [0.3, 0.4) is 0 Å². The highest BCUT2D eigenvalue weighted by atomic mass is 32.1. The fraction of sp³-hybridized carbons (Fsp3) is 0.762. The topological polar surface area (TPSA) is 66.8 Å². The summed E-state index contributed by atoms with van der Waals surface area (Å²) < 4.78 is 5.39. The fourth-order valence-electron chi connectivity index (χ4n) is 6.30. The van der Waals surface area contributed by atoms with Crippen LogP contribution in [0.15, 0.2) is 10.5 Å². The van der Waals surface area contributed by atoms with Gasteiger partial charge >= 0.3 is 0 Å². The average molecular weight is 403 g/mol. The molecule has 1 saturated heterocycles. The van der Waals surface area contributed by atoms with Crippen LogP contribution in [-0.2, 0) is 16.0 Å². The summed E-state index contributed by atoms with van der Waals surface area (Å²) in [5.74, 6) is 2.60. The van der Waals surface area contributed by atoms with Gasteiger partial charge in [-0.3, -0.25) is 4.79 Å². The van der Waals surface area contributed by atoms with Gasteiger partial charge in [0.25, 0.3) is 0 Å². The van der Waals surface area contributed by atoms with Crippen LogP contribution in [0.25, 0.3) is 0 Å². The average Bonchev–Trinajstić information content (AvgIpc) is 3.14. The maximum absolute atomic E-state index is 12.4. The predicted molar refractivity (Wildman–Crippen MR) is 111 cm³/mol. The van der Waals surface area contributed by atoms with E-state index in [1.165, 1.54) is 38.5 Å². The molecule has 4 saturated carbocycles. The van der Waals surface area contributed by atoms with E-state index in [9.17, 15) is 4.79 Å². The molecule has 7 heteroatoms.